The van der Waals surface area contributed by atoms with Gasteiger partial charge in [0, 0.05) is 6.42 Å². The van der Waals surface area contributed by atoms with Crippen LogP contribution < -0.4 is 4.74 Å². The number of carbonyl (C=O) groups is 1. The Morgan fingerprint density at radius 2 is 1.88 bits per heavy atom. The van der Waals surface area contributed by atoms with Crippen molar-refractivity contribution in [1.82, 2.24) is 0 Å². The first-order valence-corrected chi connectivity index (χ1v) is 11.2. The number of aliphatic hydroxyl groups is 1. The Labute approximate surface area is 163 Å². The van der Waals surface area contributed by atoms with E-state index >= 15 is 0 Å². The van der Waals surface area contributed by atoms with E-state index in [2.05, 4.69) is 19.1 Å². The highest BCUT2D eigenvalue weighted by Crippen LogP contribution is 2.19. The number of thiophene rings is 1. The molecular formula is C22H36O3S. The van der Waals surface area contributed by atoms with Crippen LogP contribution in [0.1, 0.15) is 90.4 Å². The normalized spacial score (nSPS) is 12.5. The molecule has 0 amide bonds. The van der Waals surface area contributed by atoms with Crippen molar-refractivity contribution >= 4 is 17.3 Å². The topological polar surface area (TPSA) is 46.5 Å². The number of aliphatic hydroxyl groups excluding tert-OH is 1. The average molecular weight is 381 g/mol. The zero-order valence-electron chi connectivity index (χ0n) is 16.3. The molecule has 148 valence electrons. The van der Waals surface area contributed by atoms with E-state index in [1.165, 1.54) is 49.9 Å². The summed E-state index contributed by atoms with van der Waals surface area (Å²) in [6.07, 6.45) is 17.9. The van der Waals surface area contributed by atoms with Crippen LogP contribution in [0.4, 0.5) is 0 Å². The molecule has 1 aromatic heterocycles. The van der Waals surface area contributed by atoms with E-state index < -0.39 is 0 Å². The molecule has 0 aliphatic heterocycles. The molecule has 0 unspecified atom stereocenters. The second kappa shape index (κ2) is 16.1. The number of esters is 1. The number of carbonyl (C=O) groups excluding carboxylic acids is 1. The predicted octanol–water partition coefficient (Wildman–Crippen LogP) is 6.66. The van der Waals surface area contributed by atoms with E-state index in [0.29, 0.717) is 11.5 Å². The molecule has 0 bridgehead atoms. The number of hydrogen-bond donors (Lipinski definition) is 1. The minimum atomic E-state index is -0.169. The lowest BCUT2D eigenvalue weighted by molar-refractivity contribution is -0.134. The molecule has 26 heavy (non-hydrogen) atoms. The standard InChI is InChI=1S/C22H36O3S/c1-2-3-4-11-15-20(23)16-12-9-7-5-6-8-10-13-17-21(24)25-22-18-14-19-26-22/h9,12,14,18-20,23H,2-8,10-11,13,15-17H2,1H3/b12-9-/t20-/m1/s1. The lowest BCUT2D eigenvalue weighted by Gasteiger charge is -2.07. The quantitative estimate of drug-likeness (QED) is 0.198. The summed E-state index contributed by atoms with van der Waals surface area (Å²) in [5.74, 6) is -0.122. The fourth-order valence-corrected chi connectivity index (χ4v) is 3.43. The summed E-state index contributed by atoms with van der Waals surface area (Å²) >= 11 is 1.45. The van der Waals surface area contributed by atoms with Crippen LogP contribution in [0.25, 0.3) is 0 Å². The number of unbranched alkanes of at least 4 members (excludes halogenated alkanes) is 8. The highest BCUT2D eigenvalue weighted by atomic mass is 32.1. The molecular weight excluding hydrogens is 344 g/mol. The zero-order valence-corrected chi connectivity index (χ0v) is 17.1. The summed E-state index contributed by atoms with van der Waals surface area (Å²) in [4.78, 5) is 11.6. The van der Waals surface area contributed by atoms with Gasteiger partial charge >= 0.3 is 5.97 Å². The van der Waals surface area contributed by atoms with E-state index in [1.54, 1.807) is 0 Å². The van der Waals surface area contributed by atoms with Crippen molar-refractivity contribution in [2.24, 2.45) is 0 Å². The van der Waals surface area contributed by atoms with Gasteiger partial charge in [0.1, 0.15) is 0 Å². The van der Waals surface area contributed by atoms with Gasteiger partial charge in [0.15, 0.2) is 5.06 Å². The molecule has 4 heteroatoms. The third-order valence-electron chi connectivity index (χ3n) is 4.43. The molecule has 1 atom stereocenters. The van der Waals surface area contributed by atoms with Gasteiger partial charge < -0.3 is 9.84 Å². The van der Waals surface area contributed by atoms with Crippen molar-refractivity contribution in [3.63, 3.8) is 0 Å². The summed E-state index contributed by atoms with van der Waals surface area (Å²) in [7, 11) is 0. The minimum Gasteiger partial charge on any atom is -0.415 e. The number of rotatable bonds is 16. The largest absolute Gasteiger partial charge is 0.415 e. The van der Waals surface area contributed by atoms with Gasteiger partial charge in [-0.3, -0.25) is 4.79 Å². The van der Waals surface area contributed by atoms with Gasteiger partial charge in [-0.15, -0.1) is 11.3 Å². The van der Waals surface area contributed by atoms with E-state index in [4.69, 9.17) is 4.74 Å². The van der Waals surface area contributed by atoms with Gasteiger partial charge in [0.25, 0.3) is 0 Å². The molecule has 0 aliphatic carbocycles. The molecule has 1 N–H and O–H groups in total. The average Bonchev–Trinajstić information content (AvgIpc) is 3.13. The van der Waals surface area contributed by atoms with Crippen molar-refractivity contribution in [1.29, 1.82) is 0 Å². The Morgan fingerprint density at radius 1 is 1.12 bits per heavy atom. The van der Waals surface area contributed by atoms with Crippen molar-refractivity contribution in [2.45, 2.75) is 96.5 Å². The van der Waals surface area contributed by atoms with Gasteiger partial charge in [-0.1, -0.05) is 64.0 Å². The van der Waals surface area contributed by atoms with Crippen LogP contribution >= 0.6 is 11.3 Å². The van der Waals surface area contributed by atoms with Gasteiger partial charge in [0.05, 0.1) is 6.10 Å². The summed E-state index contributed by atoms with van der Waals surface area (Å²) in [5, 5.41) is 12.5. The summed E-state index contributed by atoms with van der Waals surface area (Å²) in [6, 6.07) is 3.71. The van der Waals surface area contributed by atoms with Crippen LogP contribution in [0, 0.1) is 0 Å². The van der Waals surface area contributed by atoms with Crippen LogP contribution in [-0.4, -0.2) is 17.2 Å². The number of allylic oxidation sites excluding steroid dienone is 1. The molecule has 0 aromatic carbocycles. The monoisotopic (exact) mass is 380 g/mol. The maximum absolute atomic E-state index is 11.6. The highest BCUT2D eigenvalue weighted by molar-refractivity contribution is 7.11. The third kappa shape index (κ3) is 13.1. The van der Waals surface area contributed by atoms with Crippen LogP contribution in [0.5, 0.6) is 5.06 Å². The Balaban J connectivity index is 1.86. The van der Waals surface area contributed by atoms with Gasteiger partial charge in [-0.25, -0.2) is 0 Å². The maximum Gasteiger partial charge on any atom is 0.311 e. The third-order valence-corrected chi connectivity index (χ3v) is 5.17. The number of hydrogen-bond acceptors (Lipinski definition) is 4. The van der Waals surface area contributed by atoms with Crippen LogP contribution in [0.2, 0.25) is 0 Å². The first-order chi connectivity index (χ1) is 12.7. The fraction of sp³-hybridized carbons (Fsp3) is 0.682. The second-order valence-corrected chi connectivity index (χ2v) is 7.83. The van der Waals surface area contributed by atoms with Crippen molar-refractivity contribution in [2.75, 3.05) is 0 Å². The van der Waals surface area contributed by atoms with E-state index in [-0.39, 0.29) is 12.1 Å². The van der Waals surface area contributed by atoms with Gasteiger partial charge in [0.2, 0.25) is 0 Å². The smallest absolute Gasteiger partial charge is 0.311 e. The van der Waals surface area contributed by atoms with Crippen LogP contribution in [-0.2, 0) is 4.79 Å². The second-order valence-electron chi connectivity index (χ2n) is 6.92. The Morgan fingerprint density at radius 3 is 2.65 bits per heavy atom. The van der Waals surface area contributed by atoms with E-state index in [0.717, 1.165) is 38.5 Å². The lowest BCUT2D eigenvalue weighted by atomic mass is 10.1. The molecule has 0 aliphatic rings. The molecule has 1 heterocycles. The molecule has 0 saturated carbocycles. The minimum absolute atomic E-state index is 0.122. The Kier molecular flexibility index (Phi) is 14.2. The predicted molar refractivity (Wildman–Crippen MR) is 111 cm³/mol. The molecule has 3 nitrogen and oxygen atoms in total. The van der Waals surface area contributed by atoms with E-state index in [9.17, 15) is 9.90 Å². The molecule has 1 rings (SSSR count). The molecule has 0 saturated heterocycles. The van der Waals surface area contributed by atoms with Crippen molar-refractivity contribution < 1.29 is 14.6 Å². The molecule has 0 fully saturated rings. The lowest BCUT2D eigenvalue weighted by Crippen LogP contribution is -2.06. The van der Waals surface area contributed by atoms with Gasteiger partial charge in [-0.2, -0.15) is 0 Å². The SMILES string of the molecule is CCCCCC[C@@H](O)C/C=C\CCCCCCCC(=O)Oc1cccs1. The van der Waals surface area contributed by atoms with Crippen LogP contribution in [0.3, 0.4) is 0 Å². The number of ether oxygens (including phenoxy) is 1. The Bertz CT molecular complexity index is 468. The molecule has 1 aromatic rings. The van der Waals surface area contributed by atoms with E-state index in [1.807, 2.05) is 17.5 Å². The van der Waals surface area contributed by atoms with Crippen LogP contribution in [0.15, 0.2) is 29.7 Å². The zero-order chi connectivity index (χ0) is 18.9. The summed E-state index contributed by atoms with van der Waals surface area (Å²) in [6.45, 7) is 2.21. The fourth-order valence-electron chi connectivity index (χ4n) is 2.84. The molecule has 0 radical (unpaired) electrons. The molecule has 0 spiro atoms. The first kappa shape index (κ1) is 22.9. The van der Waals surface area contributed by atoms with Gasteiger partial charge in [-0.05, 0) is 49.6 Å². The summed E-state index contributed by atoms with van der Waals surface area (Å²) in [5.41, 5.74) is 0. The van der Waals surface area contributed by atoms with Crippen molar-refractivity contribution in [3.8, 4) is 5.06 Å². The highest BCUT2D eigenvalue weighted by Gasteiger charge is 2.05. The first-order valence-electron chi connectivity index (χ1n) is 10.3. The maximum atomic E-state index is 11.6. The summed E-state index contributed by atoms with van der Waals surface area (Å²) < 4.78 is 5.23. The Hall–Kier alpha value is -1.13. The van der Waals surface area contributed by atoms with Crippen molar-refractivity contribution in [3.05, 3.63) is 29.7 Å².